The molecule has 98 valence electrons. The van der Waals surface area contributed by atoms with Crippen molar-refractivity contribution in [2.45, 2.75) is 25.4 Å². The summed E-state index contributed by atoms with van der Waals surface area (Å²) < 4.78 is 5.75. The van der Waals surface area contributed by atoms with Gasteiger partial charge in [-0.15, -0.1) is 0 Å². The van der Waals surface area contributed by atoms with Gasteiger partial charge in [0.15, 0.2) is 5.75 Å². The summed E-state index contributed by atoms with van der Waals surface area (Å²) in [5, 5.41) is 11.3. The van der Waals surface area contributed by atoms with Gasteiger partial charge in [0.2, 0.25) is 0 Å². The first-order chi connectivity index (χ1) is 8.61. The minimum Gasteiger partial charge on any atom is -0.483 e. The zero-order valence-electron chi connectivity index (χ0n) is 9.84. The molecule has 0 radical (unpaired) electrons. The molecule has 1 aromatic carbocycles. The fraction of sp³-hybridized carbons (Fsp3) is 0.500. The van der Waals surface area contributed by atoms with Crippen molar-refractivity contribution < 1.29 is 9.66 Å². The third-order valence-corrected chi connectivity index (χ3v) is 3.52. The highest BCUT2D eigenvalue weighted by molar-refractivity contribution is 6.30. The Morgan fingerprint density at radius 3 is 2.94 bits per heavy atom. The molecule has 0 bridgehead atoms. The standard InChI is InChI=1S/C12H15ClN2O3/c13-9-4-5-10(15(16)17)12(6-9)18-11-3-1-2-8(11)7-14/h4-6,8,11H,1-3,7,14H2. The van der Waals surface area contributed by atoms with Crippen LogP contribution in [0.15, 0.2) is 18.2 Å². The van der Waals surface area contributed by atoms with E-state index in [9.17, 15) is 10.1 Å². The highest BCUT2D eigenvalue weighted by Crippen LogP contribution is 2.35. The lowest BCUT2D eigenvalue weighted by Gasteiger charge is -2.19. The first-order valence-corrected chi connectivity index (χ1v) is 6.30. The number of ether oxygens (including phenoxy) is 1. The van der Waals surface area contributed by atoms with Crippen LogP contribution in [0.5, 0.6) is 5.75 Å². The van der Waals surface area contributed by atoms with Crippen LogP contribution in [0.4, 0.5) is 5.69 Å². The normalized spacial score (nSPS) is 23.0. The van der Waals surface area contributed by atoms with Gasteiger partial charge in [0, 0.05) is 23.1 Å². The second-order valence-electron chi connectivity index (χ2n) is 4.45. The second kappa shape index (κ2) is 5.54. The zero-order valence-corrected chi connectivity index (χ0v) is 10.6. The molecule has 2 unspecified atom stereocenters. The second-order valence-corrected chi connectivity index (χ2v) is 4.89. The monoisotopic (exact) mass is 270 g/mol. The Bertz CT molecular complexity index is 453. The van der Waals surface area contributed by atoms with Crippen LogP contribution < -0.4 is 10.5 Å². The van der Waals surface area contributed by atoms with Gasteiger partial charge in [0.05, 0.1) is 4.92 Å². The van der Waals surface area contributed by atoms with Gasteiger partial charge in [-0.3, -0.25) is 10.1 Å². The summed E-state index contributed by atoms with van der Waals surface area (Å²) in [4.78, 5) is 10.5. The zero-order chi connectivity index (χ0) is 13.1. The average molecular weight is 271 g/mol. The van der Waals surface area contributed by atoms with E-state index in [4.69, 9.17) is 22.1 Å². The van der Waals surface area contributed by atoms with Gasteiger partial charge in [0.25, 0.3) is 0 Å². The Balaban J connectivity index is 2.22. The van der Waals surface area contributed by atoms with Crippen molar-refractivity contribution in [2.24, 2.45) is 11.7 Å². The third kappa shape index (κ3) is 2.73. The van der Waals surface area contributed by atoms with Gasteiger partial charge in [-0.1, -0.05) is 11.6 Å². The molecular weight excluding hydrogens is 256 g/mol. The van der Waals surface area contributed by atoms with E-state index in [0.29, 0.717) is 11.6 Å². The molecule has 0 heterocycles. The Labute approximate surface area is 110 Å². The number of benzene rings is 1. The number of nitro groups is 1. The molecule has 1 saturated carbocycles. The molecule has 1 aromatic rings. The molecule has 1 aliphatic rings. The van der Waals surface area contributed by atoms with Gasteiger partial charge in [-0.2, -0.15) is 0 Å². The lowest BCUT2D eigenvalue weighted by Crippen LogP contribution is -2.27. The fourth-order valence-corrected chi connectivity index (χ4v) is 2.49. The lowest BCUT2D eigenvalue weighted by molar-refractivity contribution is -0.386. The Morgan fingerprint density at radius 1 is 1.50 bits per heavy atom. The summed E-state index contributed by atoms with van der Waals surface area (Å²) in [6.07, 6.45) is 2.88. The predicted molar refractivity (Wildman–Crippen MR) is 68.9 cm³/mol. The van der Waals surface area contributed by atoms with Crippen molar-refractivity contribution in [2.75, 3.05) is 6.54 Å². The first kappa shape index (κ1) is 13.1. The van der Waals surface area contributed by atoms with E-state index in [1.807, 2.05) is 0 Å². The number of halogens is 1. The molecule has 5 nitrogen and oxygen atoms in total. The topological polar surface area (TPSA) is 78.4 Å². The molecule has 18 heavy (non-hydrogen) atoms. The van der Waals surface area contributed by atoms with E-state index < -0.39 is 4.92 Å². The van der Waals surface area contributed by atoms with Gasteiger partial charge in [-0.05, 0) is 31.9 Å². The van der Waals surface area contributed by atoms with E-state index in [1.54, 1.807) is 0 Å². The van der Waals surface area contributed by atoms with Crippen LogP contribution in [0.2, 0.25) is 5.02 Å². The molecule has 1 fully saturated rings. The van der Waals surface area contributed by atoms with Gasteiger partial charge in [-0.25, -0.2) is 0 Å². The number of nitrogens with two attached hydrogens (primary N) is 1. The summed E-state index contributed by atoms with van der Waals surface area (Å²) in [6, 6.07) is 4.34. The maximum Gasteiger partial charge on any atom is 0.311 e. The maximum atomic E-state index is 10.9. The van der Waals surface area contributed by atoms with Crippen LogP contribution in [0.1, 0.15) is 19.3 Å². The van der Waals surface area contributed by atoms with Crippen molar-refractivity contribution in [1.82, 2.24) is 0 Å². The summed E-state index contributed by atoms with van der Waals surface area (Å²) >= 11 is 5.85. The van der Waals surface area contributed by atoms with Gasteiger partial charge in [0.1, 0.15) is 6.10 Å². The minimum atomic E-state index is -0.460. The molecule has 2 atom stereocenters. The van der Waals surface area contributed by atoms with Crippen LogP contribution in [0.25, 0.3) is 0 Å². The molecular formula is C12H15ClN2O3. The molecule has 0 saturated heterocycles. The van der Waals surface area contributed by atoms with Crippen LogP contribution >= 0.6 is 11.6 Å². The summed E-state index contributed by atoms with van der Waals surface area (Å²) in [5.74, 6) is 0.501. The van der Waals surface area contributed by atoms with E-state index in [1.165, 1.54) is 18.2 Å². The summed E-state index contributed by atoms with van der Waals surface area (Å²) in [5.41, 5.74) is 5.61. The van der Waals surface area contributed by atoms with Crippen molar-refractivity contribution >= 4 is 17.3 Å². The van der Waals surface area contributed by atoms with Crippen molar-refractivity contribution in [3.05, 3.63) is 33.3 Å². The summed E-state index contributed by atoms with van der Waals surface area (Å²) in [6.45, 7) is 0.541. The number of hydrogen-bond donors (Lipinski definition) is 1. The van der Waals surface area contributed by atoms with Crippen LogP contribution in [0, 0.1) is 16.0 Å². The van der Waals surface area contributed by atoms with Crippen LogP contribution in [-0.2, 0) is 0 Å². The van der Waals surface area contributed by atoms with Gasteiger partial charge >= 0.3 is 5.69 Å². The SMILES string of the molecule is NCC1CCCC1Oc1cc(Cl)ccc1[N+](=O)[O-]. The van der Waals surface area contributed by atoms with E-state index >= 15 is 0 Å². The predicted octanol–water partition coefficient (Wildman–Crippen LogP) is 2.75. The fourth-order valence-electron chi connectivity index (χ4n) is 2.32. The Hall–Kier alpha value is -1.33. The van der Waals surface area contributed by atoms with Gasteiger partial charge < -0.3 is 10.5 Å². The van der Waals surface area contributed by atoms with Crippen molar-refractivity contribution in [1.29, 1.82) is 0 Å². The number of hydrogen-bond acceptors (Lipinski definition) is 4. The molecule has 1 aliphatic carbocycles. The lowest BCUT2D eigenvalue weighted by atomic mass is 10.1. The molecule has 2 rings (SSSR count). The molecule has 0 spiro atoms. The molecule has 0 amide bonds. The molecule has 6 heteroatoms. The third-order valence-electron chi connectivity index (χ3n) is 3.29. The summed E-state index contributed by atoms with van der Waals surface area (Å²) in [7, 11) is 0. The number of nitro benzene ring substituents is 1. The number of rotatable bonds is 4. The molecule has 0 aromatic heterocycles. The van der Waals surface area contributed by atoms with E-state index in [2.05, 4.69) is 0 Å². The van der Waals surface area contributed by atoms with E-state index in [0.717, 1.165) is 19.3 Å². The van der Waals surface area contributed by atoms with Crippen LogP contribution in [-0.4, -0.2) is 17.6 Å². The van der Waals surface area contributed by atoms with Crippen molar-refractivity contribution in [3.8, 4) is 5.75 Å². The van der Waals surface area contributed by atoms with Crippen molar-refractivity contribution in [3.63, 3.8) is 0 Å². The van der Waals surface area contributed by atoms with E-state index in [-0.39, 0.29) is 23.5 Å². The average Bonchev–Trinajstić information content (AvgIpc) is 2.76. The highest BCUT2D eigenvalue weighted by atomic mass is 35.5. The Morgan fingerprint density at radius 2 is 2.28 bits per heavy atom. The molecule has 2 N–H and O–H groups in total. The largest absolute Gasteiger partial charge is 0.483 e. The quantitative estimate of drug-likeness (QED) is 0.674. The van der Waals surface area contributed by atoms with Crippen LogP contribution in [0.3, 0.4) is 0 Å². The highest BCUT2D eigenvalue weighted by Gasteiger charge is 2.29. The number of nitrogens with zero attached hydrogens (tertiary/aromatic N) is 1. The smallest absolute Gasteiger partial charge is 0.311 e. The Kier molecular flexibility index (Phi) is 4.04. The minimum absolute atomic E-state index is 0.0489. The molecule has 0 aliphatic heterocycles. The maximum absolute atomic E-state index is 10.9. The first-order valence-electron chi connectivity index (χ1n) is 5.92.